The Hall–Kier alpha value is -1.77. The summed E-state index contributed by atoms with van der Waals surface area (Å²) in [7, 11) is 0. The van der Waals surface area contributed by atoms with Crippen LogP contribution in [0.4, 0.5) is 13.2 Å². The van der Waals surface area contributed by atoms with Gasteiger partial charge in [0.25, 0.3) is 5.89 Å². The zero-order valence-corrected chi connectivity index (χ0v) is 9.87. The number of carboxylic acids is 1. The fraction of sp³-hybridized carbons (Fsp3) is 0.111. The molecule has 96 valence electrons. The van der Waals surface area contributed by atoms with Crippen LogP contribution in [0.15, 0.2) is 25.6 Å². The minimum Gasteiger partial charge on any atom is -0.475 e. The quantitative estimate of drug-likeness (QED) is 0.915. The summed E-state index contributed by atoms with van der Waals surface area (Å²) in [5.74, 6) is -3.79. The van der Waals surface area contributed by atoms with Gasteiger partial charge in [0, 0.05) is 0 Å². The summed E-state index contributed by atoms with van der Waals surface area (Å²) in [6.07, 6.45) is -4.92. The number of aromatic carboxylic acids is 1. The molecule has 0 amide bonds. The first-order valence-corrected chi connectivity index (χ1v) is 5.15. The third-order valence-corrected chi connectivity index (χ3v) is 2.30. The Kier molecular flexibility index (Phi) is 2.93. The van der Waals surface area contributed by atoms with Crippen LogP contribution in [-0.4, -0.2) is 16.1 Å². The van der Waals surface area contributed by atoms with E-state index in [2.05, 4.69) is 25.3 Å². The van der Waals surface area contributed by atoms with Crippen molar-refractivity contribution in [1.29, 1.82) is 0 Å². The average Bonchev–Trinajstić information content (AvgIpc) is 2.81. The van der Waals surface area contributed by atoms with Crippen molar-refractivity contribution in [2.75, 3.05) is 0 Å². The maximum absolute atomic E-state index is 12.5. The zero-order valence-electron chi connectivity index (χ0n) is 8.29. The van der Waals surface area contributed by atoms with Crippen LogP contribution >= 0.6 is 15.9 Å². The number of alkyl halides is 3. The number of hydrogen-bond donors (Lipinski definition) is 1. The molecule has 0 atom stereocenters. The highest BCUT2D eigenvalue weighted by molar-refractivity contribution is 9.10. The summed E-state index contributed by atoms with van der Waals surface area (Å²) in [5, 5.41) is 8.62. The van der Waals surface area contributed by atoms with E-state index in [-0.39, 0.29) is 10.4 Å². The number of nitrogens with zero attached hydrogens (tertiary/aromatic N) is 1. The molecule has 0 bridgehead atoms. The molecule has 0 fully saturated rings. The predicted octanol–water partition coefficient (Wildman–Crippen LogP) is 3.41. The van der Waals surface area contributed by atoms with Crippen LogP contribution in [0.5, 0.6) is 0 Å². The van der Waals surface area contributed by atoms with Crippen LogP contribution < -0.4 is 0 Å². The number of oxazole rings is 1. The van der Waals surface area contributed by atoms with E-state index in [1.807, 2.05) is 0 Å². The lowest BCUT2D eigenvalue weighted by atomic mass is 10.3. The van der Waals surface area contributed by atoms with Gasteiger partial charge in [-0.05, 0) is 28.1 Å². The first kappa shape index (κ1) is 12.7. The van der Waals surface area contributed by atoms with Gasteiger partial charge in [-0.3, -0.25) is 0 Å². The second kappa shape index (κ2) is 4.16. The lowest BCUT2D eigenvalue weighted by molar-refractivity contribution is -0.141. The molecular formula is C9H3BrF3NO4. The molecule has 0 aliphatic carbocycles. The van der Waals surface area contributed by atoms with E-state index in [1.165, 1.54) is 12.1 Å². The van der Waals surface area contributed by atoms with Gasteiger partial charge in [0.1, 0.15) is 0 Å². The normalized spacial score (nSPS) is 11.8. The number of aromatic nitrogens is 1. The summed E-state index contributed by atoms with van der Waals surface area (Å²) in [4.78, 5) is 13.7. The fourth-order valence-corrected chi connectivity index (χ4v) is 1.50. The molecule has 0 unspecified atom stereocenters. The maximum atomic E-state index is 12.5. The van der Waals surface area contributed by atoms with Gasteiger partial charge >= 0.3 is 12.1 Å². The van der Waals surface area contributed by atoms with E-state index in [0.29, 0.717) is 0 Å². The molecule has 0 saturated heterocycles. The molecule has 5 nitrogen and oxygen atoms in total. The molecule has 0 saturated carbocycles. The van der Waals surface area contributed by atoms with Crippen molar-refractivity contribution < 1.29 is 31.9 Å². The number of halogens is 4. The Labute approximate surface area is 105 Å². The summed E-state index contributed by atoms with van der Waals surface area (Å²) in [5.41, 5.74) is -1.60. The number of carbonyl (C=O) groups is 1. The summed E-state index contributed by atoms with van der Waals surface area (Å²) in [6, 6.07) is 2.70. The highest BCUT2D eigenvalue weighted by Crippen LogP contribution is 2.35. The van der Waals surface area contributed by atoms with Crippen molar-refractivity contribution in [3.63, 3.8) is 0 Å². The summed E-state index contributed by atoms with van der Waals surface area (Å²) >= 11 is 2.95. The van der Waals surface area contributed by atoms with Crippen LogP contribution in [0, 0.1) is 0 Å². The van der Waals surface area contributed by atoms with Gasteiger partial charge < -0.3 is 13.9 Å². The molecule has 0 radical (unpaired) electrons. The SMILES string of the molecule is O=C(O)c1oc(-c2ccc(Br)o2)nc1C(F)(F)F. The minimum absolute atomic E-state index is 0.111. The summed E-state index contributed by atoms with van der Waals surface area (Å²) < 4.78 is 47.3. The smallest absolute Gasteiger partial charge is 0.437 e. The molecule has 2 rings (SSSR count). The van der Waals surface area contributed by atoms with Crippen LogP contribution in [0.25, 0.3) is 11.7 Å². The first-order chi connectivity index (χ1) is 8.29. The molecule has 0 aliphatic heterocycles. The van der Waals surface area contributed by atoms with Gasteiger partial charge in [0.2, 0.25) is 5.76 Å². The van der Waals surface area contributed by atoms with Crippen molar-refractivity contribution >= 4 is 21.9 Å². The molecule has 1 N–H and O–H groups in total. The van der Waals surface area contributed by atoms with Crippen LogP contribution in [0.1, 0.15) is 16.2 Å². The third kappa shape index (κ3) is 2.26. The third-order valence-electron chi connectivity index (χ3n) is 1.87. The van der Waals surface area contributed by atoms with E-state index in [4.69, 9.17) is 9.52 Å². The Balaban J connectivity index is 2.56. The lowest BCUT2D eigenvalue weighted by Gasteiger charge is -2.00. The second-order valence-electron chi connectivity index (χ2n) is 3.10. The average molecular weight is 326 g/mol. The second-order valence-corrected chi connectivity index (χ2v) is 3.88. The number of rotatable bonds is 2. The highest BCUT2D eigenvalue weighted by Gasteiger charge is 2.41. The van der Waals surface area contributed by atoms with Gasteiger partial charge in [-0.15, -0.1) is 0 Å². The molecule has 2 aromatic heterocycles. The van der Waals surface area contributed by atoms with E-state index < -0.39 is 29.5 Å². The molecule has 9 heteroatoms. The summed E-state index contributed by atoms with van der Waals surface area (Å²) in [6.45, 7) is 0. The molecule has 0 aliphatic rings. The van der Waals surface area contributed by atoms with Crippen molar-refractivity contribution in [3.8, 4) is 11.7 Å². The van der Waals surface area contributed by atoms with Gasteiger partial charge in [-0.1, -0.05) is 0 Å². The molecule has 2 heterocycles. The topological polar surface area (TPSA) is 76.5 Å². The highest BCUT2D eigenvalue weighted by atomic mass is 79.9. The van der Waals surface area contributed by atoms with Crippen LogP contribution in [0.2, 0.25) is 0 Å². The number of carboxylic acid groups (broad SMARTS) is 1. The number of hydrogen-bond acceptors (Lipinski definition) is 4. The molecular weight excluding hydrogens is 323 g/mol. The lowest BCUT2D eigenvalue weighted by Crippen LogP contribution is -2.11. The van der Waals surface area contributed by atoms with Gasteiger partial charge in [0.05, 0.1) is 0 Å². The standard InChI is InChI=1S/C9H3BrF3NO4/c10-4-2-1-3(17-4)7-14-6(9(11,12)13)5(18-7)8(15)16/h1-2H,(H,15,16). The predicted molar refractivity (Wildman–Crippen MR) is 53.9 cm³/mol. The Morgan fingerprint density at radius 1 is 1.33 bits per heavy atom. The van der Waals surface area contributed by atoms with Gasteiger partial charge in [0.15, 0.2) is 16.1 Å². The maximum Gasteiger partial charge on any atom is 0.437 e. The fourth-order valence-electron chi connectivity index (χ4n) is 1.19. The van der Waals surface area contributed by atoms with Crippen molar-refractivity contribution in [1.82, 2.24) is 4.98 Å². The van der Waals surface area contributed by atoms with Crippen LogP contribution in [0.3, 0.4) is 0 Å². The van der Waals surface area contributed by atoms with Gasteiger partial charge in [-0.25, -0.2) is 9.78 Å². The largest absolute Gasteiger partial charge is 0.475 e. The van der Waals surface area contributed by atoms with E-state index in [9.17, 15) is 18.0 Å². The molecule has 0 spiro atoms. The van der Waals surface area contributed by atoms with E-state index in [0.717, 1.165) is 0 Å². The van der Waals surface area contributed by atoms with Crippen molar-refractivity contribution in [2.24, 2.45) is 0 Å². The Morgan fingerprint density at radius 3 is 2.39 bits per heavy atom. The Bertz CT molecular complexity index is 601. The van der Waals surface area contributed by atoms with Gasteiger partial charge in [-0.2, -0.15) is 13.2 Å². The van der Waals surface area contributed by atoms with Crippen molar-refractivity contribution in [2.45, 2.75) is 6.18 Å². The molecule has 0 aromatic carbocycles. The van der Waals surface area contributed by atoms with E-state index >= 15 is 0 Å². The van der Waals surface area contributed by atoms with Crippen molar-refractivity contribution in [3.05, 3.63) is 28.3 Å². The minimum atomic E-state index is -4.92. The monoisotopic (exact) mass is 325 g/mol. The number of furan rings is 1. The first-order valence-electron chi connectivity index (χ1n) is 4.36. The Morgan fingerprint density at radius 2 is 2.00 bits per heavy atom. The van der Waals surface area contributed by atoms with Crippen LogP contribution in [-0.2, 0) is 6.18 Å². The molecule has 18 heavy (non-hydrogen) atoms. The molecule has 2 aromatic rings. The van der Waals surface area contributed by atoms with E-state index in [1.54, 1.807) is 0 Å². The zero-order chi connectivity index (χ0) is 13.5.